The Morgan fingerprint density at radius 1 is 1.00 bits per heavy atom. The van der Waals surface area contributed by atoms with Gasteiger partial charge < -0.3 is 9.84 Å². The minimum atomic E-state index is -0.348. The number of hydrogen-bond donors (Lipinski definition) is 1. The Labute approximate surface area is 179 Å². The molecule has 5 heteroatoms. The molecule has 0 radical (unpaired) electrons. The zero-order valence-corrected chi connectivity index (χ0v) is 18.5. The lowest BCUT2D eigenvalue weighted by molar-refractivity contribution is 0.0982. The van der Waals surface area contributed by atoms with Crippen LogP contribution in [0.5, 0.6) is 11.6 Å². The maximum absolute atomic E-state index is 10.3. The summed E-state index contributed by atoms with van der Waals surface area (Å²) < 4.78 is 8.10. The van der Waals surface area contributed by atoms with Crippen molar-refractivity contribution in [3.8, 4) is 22.9 Å². The second-order valence-electron chi connectivity index (χ2n) is 8.19. The maximum atomic E-state index is 10.3. The Hall–Kier alpha value is -2.63. The summed E-state index contributed by atoms with van der Waals surface area (Å²) in [6, 6.07) is 20.0. The number of benzene rings is 2. The molecule has 0 saturated carbocycles. The normalized spacial score (nSPS) is 12.5. The molecule has 3 aromatic rings. The van der Waals surface area contributed by atoms with Gasteiger partial charge in [-0.1, -0.05) is 69.3 Å². The van der Waals surface area contributed by atoms with Crippen LogP contribution >= 0.6 is 0 Å². The van der Waals surface area contributed by atoms with Crippen molar-refractivity contribution in [3.05, 3.63) is 66.2 Å². The van der Waals surface area contributed by atoms with E-state index in [0.29, 0.717) is 19.0 Å². The van der Waals surface area contributed by atoms with Gasteiger partial charge in [-0.2, -0.15) is 5.10 Å². The van der Waals surface area contributed by atoms with E-state index < -0.39 is 0 Å². The van der Waals surface area contributed by atoms with Crippen molar-refractivity contribution in [1.29, 1.82) is 0 Å². The molecule has 0 amide bonds. The highest BCUT2D eigenvalue weighted by Crippen LogP contribution is 2.34. The molecule has 0 aliphatic rings. The first-order chi connectivity index (χ1) is 14.5. The number of hydrogen-bond acceptors (Lipinski definition) is 4. The van der Waals surface area contributed by atoms with Gasteiger partial charge in [0.25, 0.3) is 0 Å². The highest BCUT2D eigenvalue weighted by Gasteiger charge is 2.23. The van der Waals surface area contributed by atoms with Crippen molar-refractivity contribution >= 4 is 0 Å². The van der Waals surface area contributed by atoms with Gasteiger partial charge >= 0.3 is 0 Å². The molecule has 0 fully saturated rings. The molecule has 1 aromatic heterocycles. The van der Waals surface area contributed by atoms with E-state index in [1.807, 2.05) is 67.2 Å². The number of aryl methyl sites for hydroxylation is 1. The third-order valence-corrected chi connectivity index (χ3v) is 5.04. The van der Waals surface area contributed by atoms with Crippen LogP contribution in [0, 0.1) is 5.92 Å². The van der Waals surface area contributed by atoms with Crippen molar-refractivity contribution in [2.45, 2.75) is 39.8 Å². The average Bonchev–Trinajstić information content (AvgIpc) is 3.04. The summed E-state index contributed by atoms with van der Waals surface area (Å²) in [6.45, 7) is 8.60. The van der Waals surface area contributed by atoms with Crippen LogP contribution in [0.2, 0.25) is 0 Å². The van der Waals surface area contributed by atoms with E-state index >= 15 is 0 Å². The highest BCUT2D eigenvalue weighted by atomic mass is 16.5. The van der Waals surface area contributed by atoms with Gasteiger partial charge in [-0.15, -0.1) is 0 Å². The van der Waals surface area contributed by atoms with Crippen molar-refractivity contribution in [1.82, 2.24) is 14.7 Å². The zero-order valence-electron chi connectivity index (χ0n) is 18.5. The summed E-state index contributed by atoms with van der Waals surface area (Å²) in [6.07, 6.45) is 0.389. The van der Waals surface area contributed by atoms with Crippen LogP contribution in [0.1, 0.15) is 32.8 Å². The predicted octanol–water partition coefficient (Wildman–Crippen LogP) is 5.11. The quantitative estimate of drug-likeness (QED) is 0.507. The lowest BCUT2D eigenvalue weighted by Crippen LogP contribution is -2.34. The van der Waals surface area contributed by atoms with E-state index in [9.17, 15) is 5.11 Å². The molecule has 1 atom stereocenters. The summed E-state index contributed by atoms with van der Waals surface area (Å²) in [7, 11) is 1.92. The van der Waals surface area contributed by atoms with Gasteiger partial charge in [-0.3, -0.25) is 4.90 Å². The van der Waals surface area contributed by atoms with Gasteiger partial charge in [-0.05, 0) is 24.5 Å². The highest BCUT2D eigenvalue weighted by molar-refractivity contribution is 5.65. The van der Waals surface area contributed by atoms with Gasteiger partial charge in [0, 0.05) is 32.2 Å². The minimum Gasteiger partial charge on any atom is -0.439 e. The molecule has 2 aromatic carbocycles. The van der Waals surface area contributed by atoms with E-state index in [1.54, 1.807) is 0 Å². The summed E-state index contributed by atoms with van der Waals surface area (Å²) in [4.78, 5) is 2.31. The topological polar surface area (TPSA) is 50.5 Å². The SMILES string of the molecule is CCC(O)CN(Cc1c(-c2ccccc2)nn(C)c1Oc1ccccc1)CC(C)C. The third-order valence-electron chi connectivity index (χ3n) is 5.04. The van der Waals surface area contributed by atoms with Crippen molar-refractivity contribution in [2.75, 3.05) is 13.1 Å². The zero-order chi connectivity index (χ0) is 21.5. The van der Waals surface area contributed by atoms with Crippen LogP contribution in [0.4, 0.5) is 0 Å². The van der Waals surface area contributed by atoms with Gasteiger partial charge in [-0.25, -0.2) is 4.68 Å². The fourth-order valence-electron chi connectivity index (χ4n) is 3.62. The van der Waals surface area contributed by atoms with E-state index in [0.717, 1.165) is 41.4 Å². The van der Waals surface area contributed by atoms with Crippen LogP contribution in [0.25, 0.3) is 11.3 Å². The van der Waals surface area contributed by atoms with Crippen LogP contribution in [0.3, 0.4) is 0 Å². The first kappa shape index (κ1) is 22.1. The van der Waals surface area contributed by atoms with Gasteiger partial charge in [0.15, 0.2) is 0 Å². The molecular weight excluding hydrogens is 374 g/mol. The maximum Gasteiger partial charge on any atom is 0.222 e. The summed E-state index contributed by atoms with van der Waals surface area (Å²) >= 11 is 0. The Morgan fingerprint density at radius 3 is 2.23 bits per heavy atom. The van der Waals surface area contributed by atoms with Crippen molar-refractivity contribution in [2.24, 2.45) is 13.0 Å². The van der Waals surface area contributed by atoms with E-state index in [4.69, 9.17) is 9.84 Å². The Bertz CT molecular complexity index is 907. The van der Waals surface area contributed by atoms with E-state index in [-0.39, 0.29) is 6.10 Å². The van der Waals surface area contributed by atoms with Crippen molar-refractivity contribution in [3.63, 3.8) is 0 Å². The molecule has 5 nitrogen and oxygen atoms in total. The number of ether oxygens (including phenoxy) is 1. The lowest BCUT2D eigenvalue weighted by atomic mass is 10.1. The molecule has 1 unspecified atom stereocenters. The fourth-order valence-corrected chi connectivity index (χ4v) is 3.62. The Balaban J connectivity index is 2.01. The van der Waals surface area contributed by atoms with Crippen LogP contribution < -0.4 is 4.74 Å². The number of aromatic nitrogens is 2. The lowest BCUT2D eigenvalue weighted by Gasteiger charge is -2.26. The molecule has 1 N–H and O–H groups in total. The molecular formula is C25H33N3O2. The minimum absolute atomic E-state index is 0.348. The molecule has 1 heterocycles. The first-order valence-electron chi connectivity index (χ1n) is 10.7. The number of nitrogens with zero attached hydrogens (tertiary/aromatic N) is 3. The molecule has 0 aliphatic heterocycles. The number of rotatable bonds is 10. The number of aliphatic hydroxyl groups excluding tert-OH is 1. The van der Waals surface area contributed by atoms with E-state index in [2.05, 4.69) is 30.9 Å². The molecule has 0 saturated heterocycles. The standard InChI is InChI=1S/C25H33N3O2/c1-5-21(29)17-28(16-19(2)3)18-23-24(20-12-8-6-9-13-20)26-27(4)25(23)30-22-14-10-7-11-15-22/h6-15,19,21,29H,5,16-18H2,1-4H3. The second-order valence-corrected chi connectivity index (χ2v) is 8.19. The monoisotopic (exact) mass is 407 g/mol. The van der Waals surface area contributed by atoms with Gasteiger partial charge in [0.2, 0.25) is 5.88 Å². The molecule has 0 bridgehead atoms. The number of aliphatic hydroxyl groups is 1. The molecule has 0 spiro atoms. The fraction of sp³-hybridized carbons (Fsp3) is 0.400. The molecule has 0 aliphatic carbocycles. The first-order valence-corrected chi connectivity index (χ1v) is 10.7. The van der Waals surface area contributed by atoms with Gasteiger partial charge in [0.05, 0.1) is 11.7 Å². The predicted molar refractivity (Wildman–Crippen MR) is 122 cm³/mol. The second kappa shape index (κ2) is 10.4. The summed E-state index contributed by atoms with van der Waals surface area (Å²) in [5.41, 5.74) is 3.02. The molecule has 3 rings (SSSR count). The van der Waals surface area contributed by atoms with Gasteiger partial charge in [0.1, 0.15) is 11.4 Å². The Morgan fingerprint density at radius 2 is 1.63 bits per heavy atom. The molecule has 160 valence electrons. The van der Waals surface area contributed by atoms with E-state index in [1.165, 1.54) is 0 Å². The average molecular weight is 408 g/mol. The Kier molecular flexibility index (Phi) is 7.66. The summed E-state index contributed by atoms with van der Waals surface area (Å²) in [5.74, 6) is 2.01. The molecule has 30 heavy (non-hydrogen) atoms. The smallest absolute Gasteiger partial charge is 0.222 e. The third kappa shape index (κ3) is 5.71. The largest absolute Gasteiger partial charge is 0.439 e. The van der Waals surface area contributed by atoms with Crippen molar-refractivity contribution < 1.29 is 9.84 Å². The van der Waals surface area contributed by atoms with Crippen LogP contribution in [-0.4, -0.2) is 39.0 Å². The van der Waals surface area contributed by atoms with Crippen LogP contribution in [0.15, 0.2) is 60.7 Å². The number of para-hydroxylation sites is 1. The summed E-state index contributed by atoms with van der Waals surface area (Å²) in [5, 5.41) is 15.1. The van der Waals surface area contributed by atoms with Crippen LogP contribution in [-0.2, 0) is 13.6 Å².